The molecule has 3 aliphatic rings. The van der Waals surface area contributed by atoms with Crippen LogP contribution in [0.2, 0.25) is 0 Å². The molecule has 2 saturated carbocycles. The maximum absolute atomic E-state index is 13.5. The van der Waals surface area contributed by atoms with Crippen LogP contribution in [0.4, 0.5) is 0 Å². The zero-order chi connectivity index (χ0) is 30.2. The van der Waals surface area contributed by atoms with Crippen molar-refractivity contribution in [1.29, 1.82) is 0 Å². The Morgan fingerprint density at radius 1 is 1.05 bits per heavy atom. The number of nitrogens with one attached hydrogen (secondary N) is 1. The van der Waals surface area contributed by atoms with Crippen molar-refractivity contribution in [1.82, 2.24) is 9.88 Å². The van der Waals surface area contributed by atoms with E-state index < -0.39 is 11.3 Å². The summed E-state index contributed by atoms with van der Waals surface area (Å²) in [5.74, 6) is 1.13. The molecule has 2 heterocycles. The van der Waals surface area contributed by atoms with Crippen LogP contribution in [0.15, 0.2) is 18.2 Å². The summed E-state index contributed by atoms with van der Waals surface area (Å²) in [5, 5.41) is 2.99. The lowest BCUT2D eigenvalue weighted by Gasteiger charge is -2.33. The van der Waals surface area contributed by atoms with Gasteiger partial charge in [0.05, 0.1) is 17.6 Å². The summed E-state index contributed by atoms with van der Waals surface area (Å²) in [5.41, 5.74) is 11.5. The van der Waals surface area contributed by atoms with E-state index in [1.807, 2.05) is 0 Å². The Morgan fingerprint density at radius 2 is 1.71 bits per heavy atom. The maximum Gasteiger partial charge on any atom is 0.253 e. The fourth-order valence-corrected chi connectivity index (χ4v) is 6.50. The average molecular weight is 582 g/mol. The number of primary amides is 1. The lowest BCUT2D eigenvalue weighted by Crippen LogP contribution is -2.42. The number of aromatic nitrogens is 1. The van der Waals surface area contributed by atoms with E-state index in [9.17, 15) is 9.59 Å². The van der Waals surface area contributed by atoms with Crippen LogP contribution in [-0.4, -0.2) is 35.8 Å². The minimum absolute atomic E-state index is 0.0656. The highest BCUT2D eigenvalue weighted by Crippen LogP contribution is 2.58. The van der Waals surface area contributed by atoms with Gasteiger partial charge in [0.25, 0.3) is 5.91 Å². The SMILES string of the molecule is CS.Cc1c(C(=O)NCC(C)(C)C(N)=O)cc(-c2cc(C(C)(C)C)c3c(c2)C2(CCO3)CC2)n1CC1CCCCC1. The molecule has 0 bridgehead atoms. The lowest BCUT2D eigenvalue weighted by molar-refractivity contribution is -0.125. The van der Waals surface area contributed by atoms with Crippen LogP contribution in [0, 0.1) is 18.3 Å². The molecule has 1 aromatic carbocycles. The number of nitrogens with two attached hydrogens (primary N) is 1. The predicted octanol–water partition coefficient (Wildman–Crippen LogP) is 6.94. The maximum atomic E-state index is 13.5. The van der Waals surface area contributed by atoms with Crippen LogP contribution in [0.25, 0.3) is 11.3 Å². The molecule has 0 atom stereocenters. The molecule has 2 aromatic rings. The summed E-state index contributed by atoms with van der Waals surface area (Å²) in [6.45, 7) is 14.3. The second kappa shape index (κ2) is 12.1. The largest absolute Gasteiger partial charge is 0.493 e. The Labute approximate surface area is 252 Å². The van der Waals surface area contributed by atoms with Crippen molar-refractivity contribution in [2.24, 2.45) is 17.1 Å². The summed E-state index contributed by atoms with van der Waals surface area (Å²) >= 11 is 3.53. The molecule has 1 aliphatic heterocycles. The van der Waals surface area contributed by atoms with Crippen molar-refractivity contribution in [2.45, 2.75) is 110 Å². The Hall–Kier alpha value is -2.41. The predicted molar refractivity (Wildman–Crippen MR) is 171 cm³/mol. The summed E-state index contributed by atoms with van der Waals surface area (Å²) in [7, 11) is 0. The highest BCUT2D eigenvalue weighted by atomic mass is 32.1. The summed E-state index contributed by atoms with van der Waals surface area (Å²) < 4.78 is 8.73. The van der Waals surface area contributed by atoms with Gasteiger partial charge < -0.3 is 20.4 Å². The van der Waals surface area contributed by atoms with Crippen molar-refractivity contribution < 1.29 is 14.3 Å². The van der Waals surface area contributed by atoms with Crippen molar-refractivity contribution in [3.8, 4) is 17.0 Å². The van der Waals surface area contributed by atoms with Gasteiger partial charge in [0.1, 0.15) is 5.75 Å². The first-order chi connectivity index (χ1) is 19.3. The second-order valence-electron chi connectivity index (χ2n) is 14.1. The average Bonchev–Trinajstić information content (AvgIpc) is 3.64. The molecular weight excluding hydrogens is 530 g/mol. The van der Waals surface area contributed by atoms with Crippen LogP contribution >= 0.6 is 12.6 Å². The minimum Gasteiger partial charge on any atom is -0.493 e. The standard InChI is InChI=1S/C33H47N3O3.CH4S/c1-21-24(29(37)35-20-32(5,6)30(34)38)18-27(36(21)19-22-10-8-7-9-11-22)23-16-25(31(2,3)4)28-26(17-23)33(12-13-33)14-15-39-28;1-2/h16-18,22H,7-15,19-20H2,1-6H3,(H2,34,38)(H,35,37);2H,1H3. The van der Waals surface area contributed by atoms with E-state index in [0.717, 1.165) is 36.7 Å². The number of thiol groups is 1. The van der Waals surface area contributed by atoms with Crippen LogP contribution in [0.3, 0.4) is 0 Å². The van der Waals surface area contributed by atoms with E-state index in [1.54, 1.807) is 20.1 Å². The molecule has 2 amide bonds. The Balaban J connectivity index is 0.00000189. The third-order valence-electron chi connectivity index (χ3n) is 9.58. The molecule has 41 heavy (non-hydrogen) atoms. The third kappa shape index (κ3) is 6.50. The number of benzene rings is 1. The second-order valence-corrected chi connectivity index (χ2v) is 14.1. The van der Waals surface area contributed by atoms with Crippen LogP contribution < -0.4 is 15.8 Å². The Bertz CT molecular complexity index is 1260. The van der Waals surface area contributed by atoms with Crippen LogP contribution in [-0.2, 0) is 22.2 Å². The first-order valence-electron chi connectivity index (χ1n) is 15.4. The molecule has 2 fully saturated rings. The Morgan fingerprint density at radius 3 is 2.29 bits per heavy atom. The number of hydrogen-bond donors (Lipinski definition) is 3. The summed E-state index contributed by atoms with van der Waals surface area (Å²) in [4.78, 5) is 25.3. The topological polar surface area (TPSA) is 86.3 Å². The summed E-state index contributed by atoms with van der Waals surface area (Å²) in [6, 6.07) is 6.74. The number of carbonyl (C=O) groups is 2. The number of ether oxygens (including phenoxy) is 1. The van der Waals surface area contributed by atoms with Gasteiger partial charge in [-0.2, -0.15) is 12.6 Å². The molecule has 0 unspecified atom stereocenters. The number of nitrogens with zero attached hydrogens (tertiary/aromatic N) is 1. The summed E-state index contributed by atoms with van der Waals surface area (Å²) in [6.07, 6.45) is 11.6. The number of amides is 2. The van der Waals surface area contributed by atoms with E-state index in [1.165, 1.54) is 61.6 Å². The molecule has 2 aliphatic carbocycles. The number of hydrogen-bond acceptors (Lipinski definition) is 4. The van der Waals surface area contributed by atoms with Gasteiger partial charge in [-0.05, 0) is 94.2 Å². The van der Waals surface area contributed by atoms with Gasteiger partial charge in [0.15, 0.2) is 0 Å². The zero-order valence-electron chi connectivity index (χ0n) is 26.3. The molecule has 5 rings (SSSR count). The first kappa shape index (κ1) is 31.5. The minimum atomic E-state index is -0.810. The van der Waals surface area contributed by atoms with Gasteiger partial charge in [-0.25, -0.2) is 0 Å². The van der Waals surface area contributed by atoms with Gasteiger partial charge in [-0.1, -0.05) is 40.0 Å². The van der Waals surface area contributed by atoms with E-state index in [2.05, 4.69) is 68.4 Å². The van der Waals surface area contributed by atoms with Gasteiger partial charge in [0.2, 0.25) is 5.91 Å². The fourth-order valence-electron chi connectivity index (χ4n) is 6.50. The van der Waals surface area contributed by atoms with Gasteiger partial charge in [-0.3, -0.25) is 9.59 Å². The monoisotopic (exact) mass is 581 g/mol. The molecule has 6 nitrogen and oxygen atoms in total. The van der Waals surface area contributed by atoms with Crippen molar-refractivity contribution >= 4 is 24.4 Å². The third-order valence-corrected chi connectivity index (χ3v) is 9.58. The highest BCUT2D eigenvalue weighted by Gasteiger charge is 2.49. The molecule has 226 valence electrons. The molecule has 1 spiro atoms. The van der Waals surface area contributed by atoms with Crippen molar-refractivity contribution in [3.05, 3.63) is 40.6 Å². The molecule has 0 radical (unpaired) electrons. The zero-order valence-corrected chi connectivity index (χ0v) is 27.2. The van der Waals surface area contributed by atoms with E-state index in [4.69, 9.17) is 10.5 Å². The van der Waals surface area contributed by atoms with E-state index >= 15 is 0 Å². The van der Waals surface area contributed by atoms with Crippen molar-refractivity contribution in [2.75, 3.05) is 19.4 Å². The van der Waals surface area contributed by atoms with Gasteiger partial charge in [-0.15, -0.1) is 0 Å². The smallest absolute Gasteiger partial charge is 0.253 e. The number of rotatable bonds is 7. The Kier molecular flexibility index (Phi) is 9.28. The molecule has 1 aromatic heterocycles. The van der Waals surface area contributed by atoms with E-state index in [0.29, 0.717) is 11.5 Å². The quantitative estimate of drug-likeness (QED) is 0.310. The molecular formula is C34H51N3O3S. The van der Waals surface area contributed by atoms with Crippen LogP contribution in [0.1, 0.15) is 113 Å². The van der Waals surface area contributed by atoms with Gasteiger partial charge >= 0.3 is 0 Å². The fraction of sp³-hybridized carbons (Fsp3) is 0.647. The molecule has 0 saturated heterocycles. The first-order valence-corrected chi connectivity index (χ1v) is 16.3. The normalized spacial score (nSPS) is 18.1. The lowest BCUT2D eigenvalue weighted by atomic mass is 9.79. The molecule has 7 heteroatoms. The van der Waals surface area contributed by atoms with Gasteiger partial charge in [0, 0.05) is 41.0 Å². The number of carbonyl (C=O) groups excluding carboxylic acids is 2. The van der Waals surface area contributed by atoms with Crippen molar-refractivity contribution in [3.63, 3.8) is 0 Å². The molecule has 3 N–H and O–H groups in total. The van der Waals surface area contributed by atoms with E-state index in [-0.39, 0.29) is 23.3 Å². The highest BCUT2D eigenvalue weighted by molar-refractivity contribution is 7.79. The van der Waals surface area contributed by atoms with Crippen LogP contribution in [0.5, 0.6) is 5.75 Å². The number of fused-ring (bicyclic) bond motifs is 2.